The Labute approximate surface area is 170 Å². The van der Waals surface area contributed by atoms with Crippen LogP contribution in [0.4, 0.5) is 18.9 Å². The van der Waals surface area contributed by atoms with E-state index in [9.17, 15) is 21.6 Å². The third-order valence-electron chi connectivity index (χ3n) is 3.53. The van der Waals surface area contributed by atoms with Crippen molar-refractivity contribution < 1.29 is 26.4 Å². The molecule has 0 saturated heterocycles. The van der Waals surface area contributed by atoms with Crippen molar-refractivity contribution in [3.05, 3.63) is 63.6 Å². The lowest BCUT2D eigenvalue weighted by Gasteiger charge is -2.15. The van der Waals surface area contributed by atoms with E-state index in [2.05, 4.69) is 5.16 Å². The fourth-order valence-corrected chi connectivity index (χ4v) is 3.09. The van der Waals surface area contributed by atoms with E-state index in [-0.39, 0.29) is 35.0 Å². The normalized spacial score (nSPS) is 12.7. The standard InChI is InChI=1S/C17H15Cl2F3N2O3S/c1-2-15(23-27-10-11-5-3-4-6-14(11)19)13-9-12(18)7-8-16(13)24-28(25,26)17(20,21)22/h3-9,24H,2,10H2,1H3. The maximum atomic E-state index is 12.7. The molecule has 0 aliphatic carbocycles. The highest BCUT2D eigenvalue weighted by Crippen LogP contribution is 2.29. The van der Waals surface area contributed by atoms with Gasteiger partial charge in [0.05, 0.1) is 11.4 Å². The summed E-state index contributed by atoms with van der Waals surface area (Å²) in [5.41, 5.74) is -4.85. The van der Waals surface area contributed by atoms with Crippen LogP contribution >= 0.6 is 23.2 Å². The molecule has 0 saturated carbocycles. The monoisotopic (exact) mass is 454 g/mol. The molecular formula is C17H15Cl2F3N2O3S. The number of halogens is 5. The first-order valence-corrected chi connectivity index (χ1v) is 10.1. The van der Waals surface area contributed by atoms with E-state index < -0.39 is 15.5 Å². The molecule has 0 amide bonds. The molecule has 152 valence electrons. The zero-order chi connectivity index (χ0) is 20.9. The second-order valence-electron chi connectivity index (χ2n) is 5.50. The Balaban J connectivity index is 2.32. The van der Waals surface area contributed by atoms with Gasteiger partial charge in [0.25, 0.3) is 0 Å². The van der Waals surface area contributed by atoms with Crippen LogP contribution in [-0.2, 0) is 21.5 Å². The van der Waals surface area contributed by atoms with Crippen LogP contribution in [0.15, 0.2) is 47.6 Å². The minimum atomic E-state index is -5.60. The molecule has 0 radical (unpaired) electrons. The fraction of sp³-hybridized carbons (Fsp3) is 0.235. The van der Waals surface area contributed by atoms with E-state index in [1.165, 1.54) is 16.9 Å². The Kier molecular flexibility index (Phi) is 7.19. The number of anilines is 1. The van der Waals surface area contributed by atoms with Crippen LogP contribution in [0.25, 0.3) is 0 Å². The molecule has 0 aliphatic rings. The largest absolute Gasteiger partial charge is 0.516 e. The molecule has 2 aromatic rings. The summed E-state index contributed by atoms with van der Waals surface area (Å²) in [6, 6.07) is 10.6. The van der Waals surface area contributed by atoms with Crippen LogP contribution in [0.2, 0.25) is 10.0 Å². The average Bonchev–Trinajstić information content (AvgIpc) is 2.61. The summed E-state index contributed by atoms with van der Waals surface area (Å²) in [5, 5.41) is 4.59. The van der Waals surface area contributed by atoms with Gasteiger partial charge in [0.15, 0.2) is 0 Å². The van der Waals surface area contributed by atoms with Gasteiger partial charge in [-0.3, -0.25) is 4.72 Å². The number of nitrogens with zero attached hydrogens (tertiary/aromatic N) is 1. The molecule has 0 atom stereocenters. The minimum absolute atomic E-state index is 0.0212. The van der Waals surface area contributed by atoms with Crippen LogP contribution < -0.4 is 4.72 Å². The molecule has 0 spiro atoms. The molecule has 2 rings (SSSR count). The first kappa shape index (κ1) is 22.3. The summed E-state index contributed by atoms with van der Waals surface area (Å²) < 4.78 is 62.5. The number of benzene rings is 2. The third kappa shape index (κ3) is 5.52. The number of oxime groups is 1. The number of sulfonamides is 1. The molecule has 0 aliphatic heterocycles. The second-order valence-corrected chi connectivity index (χ2v) is 8.02. The van der Waals surface area contributed by atoms with Gasteiger partial charge in [-0.25, -0.2) is 0 Å². The van der Waals surface area contributed by atoms with E-state index >= 15 is 0 Å². The zero-order valence-electron chi connectivity index (χ0n) is 14.4. The number of hydrogen-bond acceptors (Lipinski definition) is 4. The van der Waals surface area contributed by atoms with Gasteiger partial charge >= 0.3 is 15.5 Å². The molecule has 0 unspecified atom stereocenters. The highest BCUT2D eigenvalue weighted by Gasteiger charge is 2.46. The molecule has 0 heterocycles. The molecule has 0 fully saturated rings. The lowest BCUT2D eigenvalue weighted by molar-refractivity contribution is -0.0429. The van der Waals surface area contributed by atoms with Gasteiger partial charge in [0.1, 0.15) is 6.61 Å². The maximum Gasteiger partial charge on any atom is 0.516 e. The predicted octanol–water partition coefficient (Wildman–Crippen LogP) is 5.59. The molecule has 2 aromatic carbocycles. The first-order chi connectivity index (χ1) is 13.0. The smallest absolute Gasteiger partial charge is 0.391 e. The Morgan fingerprint density at radius 2 is 1.86 bits per heavy atom. The molecule has 0 aromatic heterocycles. The van der Waals surface area contributed by atoms with E-state index in [4.69, 9.17) is 28.0 Å². The Morgan fingerprint density at radius 1 is 1.18 bits per heavy atom. The highest BCUT2D eigenvalue weighted by molar-refractivity contribution is 7.93. The minimum Gasteiger partial charge on any atom is -0.391 e. The van der Waals surface area contributed by atoms with E-state index in [0.717, 1.165) is 6.07 Å². The topological polar surface area (TPSA) is 67.8 Å². The first-order valence-electron chi connectivity index (χ1n) is 7.86. The number of rotatable bonds is 7. The summed E-state index contributed by atoms with van der Waals surface area (Å²) in [6.45, 7) is 1.70. The van der Waals surface area contributed by atoms with Crippen LogP contribution in [0, 0.1) is 0 Å². The van der Waals surface area contributed by atoms with Crippen molar-refractivity contribution in [3.8, 4) is 0 Å². The lowest BCUT2D eigenvalue weighted by atomic mass is 10.1. The summed E-state index contributed by atoms with van der Waals surface area (Å²) in [6.07, 6.45) is 0.240. The molecular weight excluding hydrogens is 440 g/mol. The van der Waals surface area contributed by atoms with Gasteiger partial charge in [-0.15, -0.1) is 0 Å². The maximum absolute atomic E-state index is 12.7. The van der Waals surface area contributed by atoms with Crippen molar-refractivity contribution in [2.45, 2.75) is 25.5 Å². The lowest BCUT2D eigenvalue weighted by Crippen LogP contribution is -2.30. The van der Waals surface area contributed by atoms with E-state index in [0.29, 0.717) is 10.6 Å². The average molecular weight is 455 g/mol. The number of nitrogens with one attached hydrogen (secondary N) is 1. The Morgan fingerprint density at radius 3 is 2.46 bits per heavy atom. The molecule has 1 N–H and O–H groups in total. The Bertz CT molecular complexity index is 980. The van der Waals surface area contributed by atoms with Crippen molar-refractivity contribution in [2.24, 2.45) is 5.16 Å². The van der Waals surface area contributed by atoms with Gasteiger partial charge < -0.3 is 4.84 Å². The molecule has 11 heteroatoms. The van der Waals surface area contributed by atoms with Crippen molar-refractivity contribution in [3.63, 3.8) is 0 Å². The molecule has 0 bridgehead atoms. The molecule has 5 nitrogen and oxygen atoms in total. The van der Waals surface area contributed by atoms with Gasteiger partial charge in [-0.1, -0.05) is 53.5 Å². The van der Waals surface area contributed by atoms with Gasteiger partial charge in [-0.2, -0.15) is 21.6 Å². The van der Waals surface area contributed by atoms with E-state index in [1.54, 1.807) is 31.2 Å². The van der Waals surface area contributed by atoms with Crippen molar-refractivity contribution >= 4 is 44.6 Å². The summed E-state index contributed by atoms with van der Waals surface area (Å²) >= 11 is 11.9. The summed E-state index contributed by atoms with van der Waals surface area (Å²) in [7, 11) is -5.60. The predicted molar refractivity (Wildman–Crippen MR) is 103 cm³/mol. The van der Waals surface area contributed by atoms with Crippen molar-refractivity contribution in [2.75, 3.05) is 4.72 Å². The molecule has 28 heavy (non-hydrogen) atoms. The summed E-state index contributed by atoms with van der Waals surface area (Å²) in [4.78, 5) is 5.26. The Hall–Kier alpha value is -1.97. The SMILES string of the molecule is CCC(=NOCc1ccccc1Cl)c1cc(Cl)ccc1NS(=O)(=O)C(F)(F)F. The number of hydrogen-bond donors (Lipinski definition) is 1. The van der Waals surface area contributed by atoms with Crippen molar-refractivity contribution in [1.29, 1.82) is 0 Å². The highest BCUT2D eigenvalue weighted by atomic mass is 35.5. The number of alkyl halides is 3. The quantitative estimate of drug-likeness (QED) is 0.438. The van der Waals surface area contributed by atoms with Crippen LogP contribution in [-0.4, -0.2) is 19.6 Å². The van der Waals surface area contributed by atoms with Crippen LogP contribution in [0.3, 0.4) is 0 Å². The van der Waals surface area contributed by atoms with Crippen molar-refractivity contribution in [1.82, 2.24) is 0 Å². The fourth-order valence-electron chi connectivity index (χ4n) is 2.15. The van der Waals surface area contributed by atoms with Crippen LogP contribution in [0.5, 0.6) is 0 Å². The van der Waals surface area contributed by atoms with E-state index in [1.807, 2.05) is 0 Å². The van der Waals surface area contributed by atoms with Gasteiger partial charge in [-0.05, 0) is 30.7 Å². The van der Waals surface area contributed by atoms with Gasteiger partial charge in [0, 0.05) is 21.2 Å². The third-order valence-corrected chi connectivity index (χ3v) is 5.23. The van der Waals surface area contributed by atoms with Gasteiger partial charge in [0.2, 0.25) is 0 Å². The zero-order valence-corrected chi connectivity index (χ0v) is 16.8. The second kappa shape index (κ2) is 9.02. The van der Waals surface area contributed by atoms with Crippen LogP contribution in [0.1, 0.15) is 24.5 Å². The summed E-state index contributed by atoms with van der Waals surface area (Å²) in [5.74, 6) is 0.